The summed E-state index contributed by atoms with van der Waals surface area (Å²) in [6.07, 6.45) is 0. The molecule has 2 rings (SSSR count). The number of ether oxygens (including phenoxy) is 2. The Morgan fingerprint density at radius 1 is 1.42 bits per heavy atom. The molecule has 0 unspecified atom stereocenters. The summed E-state index contributed by atoms with van der Waals surface area (Å²) in [5, 5.41) is 3.42. The van der Waals surface area contributed by atoms with Crippen molar-refractivity contribution in [1.82, 2.24) is 4.98 Å². The van der Waals surface area contributed by atoms with Crippen LogP contribution in [0.15, 0.2) is 16.3 Å². The third-order valence-corrected chi connectivity index (χ3v) is 5.84. The van der Waals surface area contributed by atoms with Crippen LogP contribution in [0.4, 0.5) is 5.13 Å². The van der Waals surface area contributed by atoms with E-state index in [1.807, 2.05) is 6.92 Å². The highest BCUT2D eigenvalue weighted by atomic mass is 35.5. The number of hydrogen-bond donors (Lipinski definition) is 2. The molecule has 0 aliphatic rings. The molecule has 2 amide bonds. The summed E-state index contributed by atoms with van der Waals surface area (Å²) in [4.78, 5) is 27.7. The van der Waals surface area contributed by atoms with Gasteiger partial charge in [-0.2, -0.15) is 0 Å². The number of methoxy groups -OCH3 is 1. The number of halogens is 1. The van der Waals surface area contributed by atoms with Crippen molar-refractivity contribution < 1.29 is 19.1 Å². The fourth-order valence-corrected chi connectivity index (χ4v) is 4.15. The quantitative estimate of drug-likeness (QED) is 0.641. The lowest BCUT2D eigenvalue weighted by molar-refractivity contribution is -0.115. The van der Waals surface area contributed by atoms with Crippen molar-refractivity contribution >= 4 is 51.6 Å². The first kappa shape index (κ1) is 20.3. The van der Waals surface area contributed by atoms with Gasteiger partial charge in [-0.1, -0.05) is 22.9 Å². The zero-order valence-corrected chi connectivity index (χ0v) is 16.8. The van der Waals surface area contributed by atoms with Crippen LogP contribution in [0.1, 0.15) is 23.0 Å². The monoisotopic (exact) mass is 415 g/mol. The summed E-state index contributed by atoms with van der Waals surface area (Å²) < 4.78 is 11.5. The summed E-state index contributed by atoms with van der Waals surface area (Å²) in [5.74, 6) is 0.126. The second kappa shape index (κ2) is 9.11. The van der Waals surface area contributed by atoms with E-state index in [1.54, 1.807) is 13.0 Å². The number of hydrogen-bond acceptors (Lipinski definition) is 7. The Morgan fingerprint density at radius 2 is 2.15 bits per heavy atom. The van der Waals surface area contributed by atoms with Gasteiger partial charge in [0, 0.05) is 5.56 Å². The number of nitrogens with two attached hydrogens (primary N) is 1. The van der Waals surface area contributed by atoms with E-state index in [1.165, 1.54) is 36.3 Å². The molecule has 0 aliphatic heterocycles. The van der Waals surface area contributed by atoms with Gasteiger partial charge in [-0.3, -0.25) is 14.9 Å². The van der Waals surface area contributed by atoms with Gasteiger partial charge >= 0.3 is 0 Å². The van der Waals surface area contributed by atoms with Gasteiger partial charge in [-0.05, 0) is 26.0 Å². The molecule has 10 heteroatoms. The van der Waals surface area contributed by atoms with Crippen molar-refractivity contribution in [2.24, 2.45) is 5.73 Å². The minimum absolute atomic E-state index is 0.155. The minimum Gasteiger partial charge on any atom is -0.493 e. The second-order valence-electron chi connectivity index (χ2n) is 5.02. The maximum Gasteiger partial charge on any atom is 0.257 e. The van der Waals surface area contributed by atoms with Crippen molar-refractivity contribution in [3.8, 4) is 11.5 Å². The highest BCUT2D eigenvalue weighted by molar-refractivity contribution is 8.01. The number of thioether (sulfide) groups is 1. The van der Waals surface area contributed by atoms with Crippen LogP contribution in [-0.4, -0.2) is 36.3 Å². The predicted molar refractivity (Wildman–Crippen MR) is 104 cm³/mol. The zero-order valence-electron chi connectivity index (χ0n) is 14.4. The number of nitrogens with one attached hydrogen (secondary N) is 1. The highest BCUT2D eigenvalue weighted by Gasteiger charge is 2.17. The van der Waals surface area contributed by atoms with E-state index in [0.717, 1.165) is 9.90 Å². The molecule has 0 atom stereocenters. The molecule has 0 saturated heterocycles. The lowest BCUT2D eigenvalue weighted by Crippen LogP contribution is -2.12. The van der Waals surface area contributed by atoms with Crippen LogP contribution in [0, 0.1) is 6.92 Å². The molecule has 0 bridgehead atoms. The Kier molecular flexibility index (Phi) is 7.13. The number of anilines is 1. The van der Waals surface area contributed by atoms with E-state index in [9.17, 15) is 9.59 Å². The summed E-state index contributed by atoms with van der Waals surface area (Å²) in [7, 11) is 1.47. The number of carbonyl (C=O) groups is 2. The number of primary amides is 1. The number of aromatic nitrogens is 1. The van der Waals surface area contributed by atoms with Crippen LogP contribution >= 0.6 is 34.7 Å². The maximum absolute atomic E-state index is 12.5. The van der Waals surface area contributed by atoms with Crippen LogP contribution in [-0.2, 0) is 4.79 Å². The number of rotatable bonds is 8. The molecule has 0 spiro atoms. The van der Waals surface area contributed by atoms with Crippen LogP contribution in [0.25, 0.3) is 0 Å². The van der Waals surface area contributed by atoms with Gasteiger partial charge < -0.3 is 15.2 Å². The standard InChI is InChI=1S/C16H18ClN3O4S2/c1-4-24-13-10(17)5-9(6-11(13)23-3)14(22)20-16-19-8(2)15(26-16)25-7-12(18)21/h5-6H,4,7H2,1-3H3,(H2,18,21)(H,19,20,22). The smallest absolute Gasteiger partial charge is 0.257 e. The van der Waals surface area contributed by atoms with E-state index in [-0.39, 0.29) is 16.7 Å². The first-order chi connectivity index (χ1) is 12.3. The molecule has 1 aromatic carbocycles. The van der Waals surface area contributed by atoms with E-state index in [0.29, 0.717) is 28.8 Å². The SMILES string of the molecule is CCOc1c(Cl)cc(C(=O)Nc2nc(C)c(SCC(N)=O)s2)cc1OC. The second-order valence-corrected chi connectivity index (χ2v) is 7.67. The summed E-state index contributed by atoms with van der Waals surface area (Å²) in [6, 6.07) is 3.06. The van der Waals surface area contributed by atoms with E-state index >= 15 is 0 Å². The summed E-state index contributed by atoms with van der Waals surface area (Å²) >= 11 is 8.75. The van der Waals surface area contributed by atoms with E-state index in [4.69, 9.17) is 26.8 Å². The number of aryl methyl sites for hydroxylation is 1. The average molecular weight is 416 g/mol. The molecular weight excluding hydrogens is 398 g/mol. The van der Waals surface area contributed by atoms with Gasteiger partial charge in [0.15, 0.2) is 16.6 Å². The topological polar surface area (TPSA) is 104 Å². The summed E-state index contributed by atoms with van der Waals surface area (Å²) in [5.41, 5.74) is 6.18. The Hall–Kier alpha value is -1.97. The third kappa shape index (κ3) is 5.03. The molecule has 26 heavy (non-hydrogen) atoms. The first-order valence-corrected chi connectivity index (χ1v) is 9.73. The molecule has 3 N–H and O–H groups in total. The third-order valence-electron chi connectivity index (χ3n) is 3.10. The average Bonchev–Trinajstić information content (AvgIpc) is 2.93. The molecule has 0 saturated carbocycles. The molecule has 1 aromatic heterocycles. The zero-order chi connectivity index (χ0) is 19.3. The largest absolute Gasteiger partial charge is 0.493 e. The van der Waals surface area contributed by atoms with Gasteiger partial charge in [0.05, 0.1) is 34.4 Å². The normalized spacial score (nSPS) is 10.5. The van der Waals surface area contributed by atoms with Gasteiger partial charge in [0.1, 0.15) is 0 Å². The predicted octanol–water partition coefficient (Wildman–Crippen LogP) is 3.34. The molecule has 140 valence electrons. The summed E-state index contributed by atoms with van der Waals surface area (Å²) in [6.45, 7) is 4.05. The first-order valence-electron chi connectivity index (χ1n) is 7.55. The molecule has 1 heterocycles. The Labute approximate surface area is 164 Å². The molecule has 2 aromatic rings. The van der Waals surface area contributed by atoms with Gasteiger partial charge in [-0.15, -0.1) is 11.8 Å². The number of thiazole rings is 1. The van der Waals surface area contributed by atoms with E-state index in [2.05, 4.69) is 10.3 Å². The Morgan fingerprint density at radius 3 is 2.77 bits per heavy atom. The number of benzene rings is 1. The van der Waals surface area contributed by atoms with Crippen molar-refractivity contribution in [3.63, 3.8) is 0 Å². The van der Waals surface area contributed by atoms with Gasteiger partial charge in [0.25, 0.3) is 5.91 Å². The molecular formula is C16H18ClN3O4S2. The van der Waals surface area contributed by atoms with Gasteiger partial charge in [-0.25, -0.2) is 4.98 Å². The Balaban J connectivity index is 2.18. The Bertz CT molecular complexity index is 826. The van der Waals surface area contributed by atoms with E-state index < -0.39 is 5.91 Å². The van der Waals surface area contributed by atoms with Crippen LogP contribution < -0.4 is 20.5 Å². The molecule has 0 radical (unpaired) electrons. The van der Waals surface area contributed by atoms with Crippen molar-refractivity contribution in [2.45, 2.75) is 18.1 Å². The van der Waals surface area contributed by atoms with Crippen molar-refractivity contribution in [3.05, 3.63) is 28.4 Å². The lowest BCUT2D eigenvalue weighted by atomic mass is 10.2. The van der Waals surface area contributed by atoms with Crippen LogP contribution in [0.5, 0.6) is 11.5 Å². The number of amides is 2. The van der Waals surface area contributed by atoms with Gasteiger partial charge in [0.2, 0.25) is 5.91 Å². The fraction of sp³-hybridized carbons (Fsp3) is 0.312. The van der Waals surface area contributed by atoms with Crippen LogP contribution in [0.2, 0.25) is 5.02 Å². The van der Waals surface area contributed by atoms with Crippen molar-refractivity contribution in [2.75, 3.05) is 24.8 Å². The lowest BCUT2D eigenvalue weighted by Gasteiger charge is -2.12. The molecule has 0 fully saturated rings. The number of carbonyl (C=O) groups excluding carboxylic acids is 2. The minimum atomic E-state index is -0.412. The van der Waals surface area contributed by atoms with Crippen molar-refractivity contribution in [1.29, 1.82) is 0 Å². The molecule has 7 nitrogen and oxygen atoms in total. The molecule has 0 aliphatic carbocycles. The number of nitrogens with zero attached hydrogens (tertiary/aromatic N) is 1. The van der Waals surface area contributed by atoms with Crippen LogP contribution in [0.3, 0.4) is 0 Å². The fourth-order valence-electron chi connectivity index (χ4n) is 2.01. The maximum atomic E-state index is 12.5. The highest BCUT2D eigenvalue weighted by Crippen LogP contribution is 2.37.